The molecule has 4 saturated carbocycles. The van der Waals surface area contributed by atoms with E-state index >= 15 is 0 Å². The topological polar surface area (TPSA) is 93.6 Å². The summed E-state index contributed by atoms with van der Waals surface area (Å²) >= 11 is 10.7. The first-order valence-corrected chi connectivity index (χ1v) is 18.7. The number of ether oxygens (including phenoxy) is 1. The van der Waals surface area contributed by atoms with E-state index in [9.17, 15) is 19.5 Å². The minimum Gasteiger partial charge on any atom is -0.450 e. The number of benzene rings is 1. The van der Waals surface area contributed by atoms with Gasteiger partial charge in [0.2, 0.25) is 0 Å². The molecule has 4 fully saturated rings. The molecule has 1 aromatic carbocycles. The fourth-order valence-electron chi connectivity index (χ4n) is 10.1. The van der Waals surface area contributed by atoms with Crippen LogP contribution in [0.3, 0.4) is 0 Å². The Labute approximate surface area is 278 Å². The van der Waals surface area contributed by atoms with Crippen molar-refractivity contribution in [2.24, 2.45) is 34.5 Å². The fourth-order valence-corrected chi connectivity index (χ4v) is 12.7. The second-order valence-electron chi connectivity index (χ2n) is 14.6. The number of Topliss-reactive ketones (excluding diaryl/α,β-unsaturated/α-hetero) is 1. The molecule has 1 aromatic heterocycles. The van der Waals surface area contributed by atoms with E-state index < -0.39 is 27.4 Å². The SMILES string of the molecule is C[C@@H]1CC2C3CCC4=CC(=O)C=CC4(C)[C@@]3(Cl)[C@@H](O)CC2(C)[C@@]1(OC(=O)C1CCCCC1)C(=O)CSc1nc2ccccc2s1. The monoisotopic (exact) mass is 667 g/mol. The van der Waals surface area contributed by atoms with Crippen LogP contribution in [0.2, 0.25) is 0 Å². The van der Waals surface area contributed by atoms with Crippen LogP contribution in [0, 0.1) is 34.5 Å². The lowest BCUT2D eigenvalue weighted by molar-refractivity contribution is -0.204. The smallest absolute Gasteiger partial charge is 0.309 e. The molecule has 4 unspecified atom stereocenters. The third-order valence-corrected chi connectivity index (χ3v) is 15.5. The van der Waals surface area contributed by atoms with Crippen LogP contribution in [0.5, 0.6) is 0 Å². The molecule has 5 aliphatic carbocycles. The summed E-state index contributed by atoms with van der Waals surface area (Å²) in [6.07, 6.45) is 11.2. The number of para-hydroxylation sites is 1. The van der Waals surface area contributed by atoms with Gasteiger partial charge in [-0.3, -0.25) is 14.4 Å². The first-order chi connectivity index (χ1) is 21.4. The van der Waals surface area contributed by atoms with Crippen molar-refractivity contribution in [1.82, 2.24) is 4.98 Å². The Morgan fingerprint density at radius 3 is 2.64 bits per heavy atom. The molecular weight excluding hydrogens is 626 g/mol. The Bertz CT molecular complexity index is 1580. The number of aliphatic hydroxyl groups is 1. The number of aromatic nitrogens is 1. The van der Waals surface area contributed by atoms with E-state index in [1.54, 1.807) is 23.5 Å². The van der Waals surface area contributed by atoms with Crippen molar-refractivity contribution in [3.05, 3.63) is 48.1 Å². The van der Waals surface area contributed by atoms with Crippen molar-refractivity contribution in [2.45, 2.75) is 99.5 Å². The average Bonchev–Trinajstić information content (AvgIpc) is 3.54. The zero-order chi connectivity index (χ0) is 31.8. The molecule has 240 valence electrons. The largest absolute Gasteiger partial charge is 0.450 e. The van der Waals surface area contributed by atoms with Crippen molar-refractivity contribution >= 4 is 62.5 Å². The van der Waals surface area contributed by atoms with Gasteiger partial charge in [0, 0.05) is 16.7 Å². The van der Waals surface area contributed by atoms with E-state index in [1.165, 1.54) is 11.8 Å². The maximum absolute atomic E-state index is 14.8. The number of ketones is 2. The number of nitrogens with zero attached hydrogens (tertiary/aromatic N) is 1. The molecule has 1 heterocycles. The molecular formula is C36H42ClNO5S2. The van der Waals surface area contributed by atoms with Gasteiger partial charge in [0.25, 0.3) is 0 Å². The van der Waals surface area contributed by atoms with Crippen molar-refractivity contribution in [1.29, 1.82) is 0 Å². The van der Waals surface area contributed by atoms with Crippen molar-refractivity contribution in [3.63, 3.8) is 0 Å². The predicted octanol–water partition coefficient (Wildman–Crippen LogP) is 7.71. The number of hydrogen-bond donors (Lipinski definition) is 1. The van der Waals surface area contributed by atoms with Gasteiger partial charge in [-0.05, 0) is 74.6 Å². The lowest BCUT2D eigenvalue weighted by Gasteiger charge is -2.64. The molecule has 7 rings (SSSR count). The number of alkyl halides is 1. The highest BCUT2D eigenvalue weighted by atomic mass is 35.5. The van der Waals surface area contributed by atoms with Crippen molar-refractivity contribution < 1.29 is 24.2 Å². The Morgan fingerprint density at radius 2 is 1.89 bits per heavy atom. The van der Waals surface area contributed by atoms with E-state index in [0.717, 1.165) is 52.2 Å². The number of rotatable bonds is 6. The fraction of sp³-hybridized carbons (Fsp3) is 0.611. The molecule has 0 spiro atoms. The van der Waals surface area contributed by atoms with Gasteiger partial charge < -0.3 is 9.84 Å². The first kappa shape index (κ1) is 31.6. The molecule has 1 N–H and O–H groups in total. The van der Waals surface area contributed by atoms with Crippen LogP contribution < -0.4 is 0 Å². The molecule has 0 amide bonds. The molecule has 2 aromatic rings. The zero-order valence-electron chi connectivity index (χ0n) is 26.2. The van der Waals surface area contributed by atoms with Crippen LogP contribution in [0.15, 0.2) is 52.4 Å². The molecule has 5 aliphatic rings. The van der Waals surface area contributed by atoms with E-state index in [-0.39, 0.29) is 53.4 Å². The van der Waals surface area contributed by atoms with Gasteiger partial charge >= 0.3 is 5.97 Å². The van der Waals surface area contributed by atoms with Gasteiger partial charge in [-0.2, -0.15) is 0 Å². The second-order valence-corrected chi connectivity index (χ2v) is 17.4. The highest BCUT2D eigenvalue weighted by molar-refractivity contribution is 8.01. The Kier molecular flexibility index (Phi) is 7.94. The minimum absolute atomic E-state index is 0.0457. The van der Waals surface area contributed by atoms with E-state index in [0.29, 0.717) is 19.3 Å². The number of thiazole rings is 1. The third-order valence-electron chi connectivity index (χ3n) is 12.4. The van der Waals surface area contributed by atoms with Crippen LogP contribution in [-0.4, -0.2) is 50.0 Å². The van der Waals surface area contributed by atoms with Crippen LogP contribution in [0.4, 0.5) is 0 Å². The lowest BCUT2D eigenvalue weighted by Crippen LogP contribution is -2.69. The van der Waals surface area contributed by atoms with Gasteiger partial charge in [0.05, 0.1) is 32.9 Å². The van der Waals surface area contributed by atoms with Crippen molar-refractivity contribution in [3.8, 4) is 0 Å². The van der Waals surface area contributed by atoms with Gasteiger partial charge in [-0.1, -0.05) is 75.6 Å². The van der Waals surface area contributed by atoms with Gasteiger partial charge in [-0.25, -0.2) is 4.98 Å². The number of esters is 1. The standard InChI is InChI=1S/C36H42ClNO5S2/c1-21-17-26-25-14-13-23-18-24(39)15-16-33(23,2)35(25,37)29(40)19-34(26,3)36(21,43-31(42)22-9-5-4-6-10-22)30(41)20-44-32-38-27-11-7-8-12-28(27)45-32/h7-8,11-12,15-16,18,21-22,25-26,29,40H,4-6,9-10,13-14,17,19-20H2,1-3H3/t21-,25?,26?,29+,33?,34?,35+,36+/m1/s1. The number of hydrogen-bond acceptors (Lipinski definition) is 8. The van der Waals surface area contributed by atoms with Crippen LogP contribution in [0.1, 0.15) is 78.6 Å². The van der Waals surface area contributed by atoms with Gasteiger partial charge in [-0.15, -0.1) is 22.9 Å². The molecule has 8 atom stereocenters. The van der Waals surface area contributed by atoms with Gasteiger partial charge in [0.1, 0.15) is 0 Å². The maximum atomic E-state index is 14.8. The highest BCUT2D eigenvalue weighted by Crippen LogP contribution is 2.72. The van der Waals surface area contributed by atoms with Crippen LogP contribution >= 0.6 is 34.7 Å². The summed E-state index contributed by atoms with van der Waals surface area (Å²) in [5, 5.41) is 12.2. The summed E-state index contributed by atoms with van der Waals surface area (Å²) in [6.45, 7) is 6.17. The summed E-state index contributed by atoms with van der Waals surface area (Å²) in [5.41, 5.74) is -1.01. The quantitative estimate of drug-likeness (QED) is 0.192. The van der Waals surface area contributed by atoms with Gasteiger partial charge in [0.15, 0.2) is 21.5 Å². The first-order valence-electron chi connectivity index (χ1n) is 16.5. The molecule has 0 saturated heterocycles. The number of aliphatic hydroxyl groups excluding tert-OH is 1. The molecule has 0 aliphatic heterocycles. The minimum atomic E-state index is -1.38. The van der Waals surface area contributed by atoms with E-state index in [4.69, 9.17) is 21.3 Å². The summed E-state index contributed by atoms with van der Waals surface area (Å²) < 4.78 is 8.58. The van der Waals surface area contributed by atoms with Crippen LogP contribution in [0.25, 0.3) is 10.2 Å². The third kappa shape index (κ3) is 4.59. The Balaban J connectivity index is 1.26. The molecule has 0 radical (unpaired) electrons. The van der Waals surface area contributed by atoms with E-state index in [1.807, 2.05) is 37.3 Å². The number of carbonyl (C=O) groups is 3. The van der Waals surface area contributed by atoms with Crippen molar-refractivity contribution in [2.75, 3.05) is 5.75 Å². The zero-order valence-corrected chi connectivity index (χ0v) is 28.6. The summed E-state index contributed by atoms with van der Waals surface area (Å²) in [4.78, 5) is 44.8. The number of fused-ring (bicyclic) bond motifs is 6. The second kappa shape index (κ2) is 11.3. The van der Waals surface area contributed by atoms with E-state index in [2.05, 4.69) is 13.8 Å². The Hall–Kier alpha value is -2.00. The number of halogens is 1. The molecule has 6 nitrogen and oxygen atoms in total. The highest BCUT2D eigenvalue weighted by Gasteiger charge is 2.76. The number of carbonyl (C=O) groups excluding carboxylic acids is 3. The number of thioether (sulfide) groups is 1. The molecule has 0 bridgehead atoms. The number of allylic oxidation sites excluding steroid dienone is 4. The lowest BCUT2D eigenvalue weighted by atomic mass is 9.45. The summed E-state index contributed by atoms with van der Waals surface area (Å²) in [7, 11) is 0. The Morgan fingerprint density at radius 1 is 1.13 bits per heavy atom. The van der Waals surface area contributed by atoms with Crippen LogP contribution in [-0.2, 0) is 19.1 Å². The maximum Gasteiger partial charge on any atom is 0.309 e. The summed E-state index contributed by atoms with van der Waals surface area (Å²) in [6, 6.07) is 7.94. The normalized spacial score (nSPS) is 39.6. The molecule has 45 heavy (non-hydrogen) atoms. The molecule has 9 heteroatoms. The average molecular weight is 668 g/mol. The predicted molar refractivity (Wildman–Crippen MR) is 178 cm³/mol. The summed E-state index contributed by atoms with van der Waals surface area (Å²) in [5.74, 6) is -0.918.